The summed E-state index contributed by atoms with van der Waals surface area (Å²) in [6.45, 7) is 5.92. The summed E-state index contributed by atoms with van der Waals surface area (Å²) in [5, 5.41) is 14.7. The first-order valence-electron chi connectivity index (χ1n) is 6.92. The highest BCUT2D eigenvalue weighted by Crippen LogP contribution is 2.30. The van der Waals surface area contributed by atoms with Gasteiger partial charge in [0.25, 0.3) is 0 Å². The zero-order valence-electron chi connectivity index (χ0n) is 12.8. The molecule has 5 nitrogen and oxygen atoms in total. The van der Waals surface area contributed by atoms with E-state index in [1.165, 1.54) is 0 Å². The van der Waals surface area contributed by atoms with E-state index in [0.29, 0.717) is 11.7 Å². The largest absolute Gasteiger partial charge is 0.493 e. The summed E-state index contributed by atoms with van der Waals surface area (Å²) >= 11 is 0. The van der Waals surface area contributed by atoms with E-state index in [4.69, 9.17) is 4.74 Å². The van der Waals surface area contributed by atoms with Crippen molar-refractivity contribution < 1.29 is 9.84 Å². The molecule has 2 atom stereocenters. The van der Waals surface area contributed by atoms with Gasteiger partial charge in [-0.15, -0.1) is 0 Å². The molecular weight excluding hydrogens is 242 g/mol. The van der Waals surface area contributed by atoms with Crippen molar-refractivity contribution in [3.8, 4) is 5.75 Å². The molecule has 19 heavy (non-hydrogen) atoms. The third kappa shape index (κ3) is 4.51. The molecule has 0 fully saturated rings. The lowest BCUT2D eigenvalue weighted by Gasteiger charge is -2.19. The predicted octanol–water partition coefficient (Wildman–Crippen LogP) is 1.92. The highest BCUT2D eigenvalue weighted by atomic mass is 16.5. The molecule has 0 spiro atoms. The van der Waals surface area contributed by atoms with Crippen LogP contribution in [0.25, 0.3) is 0 Å². The average Bonchev–Trinajstić information content (AvgIpc) is 2.78. The molecule has 0 aliphatic rings. The summed E-state index contributed by atoms with van der Waals surface area (Å²) < 4.78 is 7.17. The van der Waals surface area contributed by atoms with Gasteiger partial charge >= 0.3 is 0 Å². The number of ether oxygens (including phenoxy) is 1. The van der Waals surface area contributed by atoms with Gasteiger partial charge in [-0.1, -0.05) is 20.3 Å². The molecule has 1 aromatic heterocycles. The van der Waals surface area contributed by atoms with Gasteiger partial charge in [-0.25, -0.2) is 0 Å². The van der Waals surface area contributed by atoms with E-state index in [-0.39, 0.29) is 0 Å². The predicted molar refractivity (Wildman–Crippen MR) is 76.4 cm³/mol. The molecule has 1 N–H and O–H groups in total. The third-order valence-corrected chi connectivity index (χ3v) is 3.46. The molecule has 1 rings (SSSR count). The zero-order valence-corrected chi connectivity index (χ0v) is 12.8. The van der Waals surface area contributed by atoms with Crippen LogP contribution in [0.4, 0.5) is 0 Å². The summed E-state index contributed by atoms with van der Waals surface area (Å²) in [6.07, 6.45) is 2.96. The molecule has 1 aromatic rings. The Morgan fingerprint density at radius 3 is 2.68 bits per heavy atom. The Morgan fingerprint density at radius 1 is 1.47 bits per heavy atom. The fourth-order valence-electron chi connectivity index (χ4n) is 2.00. The first-order valence-corrected chi connectivity index (χ1v) is 6.92. The van der Waals surface area contributed by atoms with Crippen LogP contribution < -0.4 is 4.74 Å². The van der Waals surface area contributed by atoms with E-state index < -0.39 is 6.10 Å². The molecule has 0 radical (unpaired) electrons. The van der Waals surface area contributed by atoms with Crippen molar-refractivity contribution in [1.82, 2.24) is 14.7 Å². The van der Waals surface area contributed by atoms with Crippen LogP contribution in [0.5, 0.6) is 5.75 Å². The van der Waals surface area contributed by atoms with E-state index in [1.54, 1.807) is 13.3 Å². The highest BCUT2D eigenvalue weighted by Gasteiger charge is 2.21. The Bertz CT molecular complexity index is 377. The van der Waals surface area contributed by atoms with E-state index in [9.17, 15) is 5.11 Å². The van der Waals surface area contributed by atoms with Gasteiger partial charge in [-0.2, -0.15) is 5.10 Å². The van der Waals surface area contributed by atoms with Crippen LogP contribution in [-0.4, -0.2) is 47.5 Å². The second kappa shape index (κ2) is 7.50. The first kappa shape index (κ1) is 16.0. The van der Waals surface area contributed by atoms with Gasteiger partial charge in [0.05, 0.1) is 26.0 Å². The van der Waals surface area contributed by atoms with Crippen molar-refractivity contribution in [2.24, 2.45) is 5.92 Å². The average molecular weight is 269 g/mol. The first-order chi connectivity index (χ1) is 8.99. The van der Waals surface area contributed by atoms with Crippen molar-refractivity contribution in [3.05, 3.63) is 11.9 Å². The number of aliphatic hydroxyl groups is 1. The number of methoxy groups -OCH3 is 1. The van der Waals surface area contributed by atoms with Crippen LogP contribution in [0.3, 0.4) is 0 Å². The standard InChI is InChI=1S/C14H27N3O2/c1-6-11(2)9-12(18)14-13(19-5)10-15-17(14)8-7-16(3)4/h10-12,18H,6-9H2,1-5H3. The fourth-order valence-corrected chi connectivity index (χ4v) is 2.00. The van der Waals surface area contributed by atoms with Gasteiger partial charge in [-0.05, 0) is 26.4 Å². The number of rotatable bonds is 8. The SMILES string of the molecule is CCC(C)CC(O)c1c(OC)cnn1CCN(C)C. The molecule has 0 saturated carbocycles. The topological polar surface area (TPSA) is 50.5 Å². The van der Waals surface area contributed by atoms with Crippen LogP contribution >= 0.6 is 0 Å². The van der Waals surface area contributed by atoms with Crippen molar-refractivity contribution in [2.45, 2.75) is 39.3 Å². The fraction of sp³-hybridized carbons (Fsp3) is 0.786. The molecule has 1 heterocycles. The third-order valence-electron chi connectivity index (χ3n) is 3.46. The maximum Gasteiger partial charge on any atom is 0.162 e. The van der Waals surface area contributed by atoms with Gasteiger partial charge in [-0.3, -0.25) is 4.68 Å². The molecule has 0 amide bonds. The maximum absolute atomic E-state index is 10.4. The number of hydrogen-bond donors (Lipinski definition) is 1. The maximum atomic E-state index is 10.4. The second-order valence-corrected chi connectivity index (χ2v) is 5.39. The van der Waals surface area contributed by atoms with Crippen LogP contribution in [0, 0.1) is 5.92 Å². The van der Waals surface area contributed by atoms with Crippen LogP contribution in [0.15, 0.2) is 6.20 Å². The molecule has 0 aromatic carbocycles. The minimum Gasteiger partial charge on any atom is -0.493 e. The highest BCUT2D eigenvalue weighted by molar-refractivity contribution is 5.27. The summed E-state index contributed by atoms with van der Waals surface area (Å²) in [5.74, 6) is 1.16. The number of hydrogen-bond acceptors (Lipinski definition) is 4. The van der Waals surface area contributed by atoms with E-state index in [0.717, 1.165) is 31.6 Å². The lowest BCUT2D eigenvalue weighted by Crippen LogP contribution is -2.21. The molecule has 0 aliphatic carbocycles. The van der Waals surface area contributed by atoms with Crippen LogP contribution in [0.2, 0.25) is 0 Å². The van der Waals surface area contributed by atoms with E-state index >= 15 is 0 Å². The molecular formula is C14H27N3O2. The molecule has 0 bridgehead atoms. The number of aliphatic hydroxyl groups excluding tert-OH is 1. The van der Waals surface area contributed by atoms with Crippen molar-refractivity contribution >= 4 is 0 Å². The summed E-state index contributed by atoms with van der Waals surface area (Å²) in [4.78, 5) is 2.10. The van der Waals surface area contributed by atoms with Crippen molar-refractivity contribution in [3.63, 3.8) is 0 Å². The van der Waals surface area contributed by atoms with Gasteiger partial charge in [0.15, 0.2) is 5.75 Å². The Balaban J connectivity index is 2.85. The smallest absolute Gasteiger partial charge is 0.162 e. The minimum atomic E-state index is -0.519. The normalized spacial score (nSPS) is 14.7. The Hall–Kier alpha value is -1.07. The van der Waals surface area contributed by atoms with Gasteiger partial charge < -0.3 is 14.7 Å². The zero-order chi connectivity index (χ0) is 14.4. The minimum absolute atomic E-state index is 0.483. The number of aromatic nitrogens is 2. The van der Waals surface area contributed by atoms with Crippen molar-refractivity contribution in [2.75, 3.05) is 27.7 Å². The van der Waals surface area contributed by atoms with Crippen LogP contribution in [0.1, 0.15) is 38.5 Å². The summed E-state index contributed by atoms with van der Waals surface area (Å²) in [5.41, 5.74) is 0.796. The molecule has 0 saturated heterocycles. The van der Waals surface area contributed by atoms with Gasteiger partial charge in [0.1, 0.15) is 5.69 Å². The molecule has 2 unspecified atom stereocenters. The number of likely N-dealkylation sites (N-methyl/N-ethyl adjacent to an activating group) is 1. The summed E-state index contributed by atoms with van der Waals surface area (Å²) in [7, 11) is 5.67. The van der Waals surface area contributed by atoms with E-state index in [1.807, 2.05) is 18.8 Å². The van der Waals surface area contributed by atoms with Crippen LogP contribution in [-0.2, 0) is 6.54 Å². The Kier molecular flexibility index (Phi) is 6.31. The lowest BCUT2D eigenvalue weighted by atomic mass is 9.99. The lowest BCUT2D eigenvalue weighted by molar-refractivity contribution is 0.132. The second-order valence-electron chi connectivity index (χ2n) is 5.39. The van der Waals surface area contributed by atoms with Crippen molar-refractivity contribution in [1.29, 1.82) is 0 Å². The molecule has 5 heteroatoms. The van der Waals surface area contributed by atoms with E-state index in [2.05, 4.69) is 23.8 Å². The quantitative estimate of drug-likeness (QED) is 0.783. The molecule has 110 valence electrons. The Morgan fingerprint density at radius 2 is 2.16 bits per heavy atom. The molecule has 0 aliphatic heterocycles. The number of nitrogens with zero attached hydrogens (tertiary/aromatic N) is 3. The monoisotopic (exact) mass is 269 g/mol. The summed E-state index contributed by atoms with van der Waals surface area (Å²) in [6, 6.07) is 0. The van der Waals surface area contributed by atoms with Gasteiger partial charge in [0, 0.05) is 6.54 Å². The van der Waals surface area contributed by atoms with Gasteiger partial charge in [0.2, 0.25) is 0 Å². The Labute approximate surface area is 116 Å².